The highest BCUT2D eigenvalue weighted by Gasteiger charge is 2.16. The van der Waals surface area contributed by atoms with Crippen molar-refractivity contribution in [1.82, 2.24) is 0 Å². The Labute approximate surface area is 259 Å². The second kappa shape index (κ2) is 33.6. The summed E-state index contributed by atoms with van der Waals surface area (Å²) >= 11 is 0. The first-order chi connectivity index (χ1) is 20.6. The van der Waals surface area contributed by atoms with Crippen molar-refractivity contribution in [3.63, 3.8) is 0 Å². The topological polar surface area (TPSA) is 72.8 Å². The van der Waals surface area contributed by atoms with Gasteiger partial charge >= 0.3 is 11.9 Å². The molecule has 0 aromatic rings. The minimum Gasteiger partial charge on any atom is -0.462 e. The van der Waals surface area contributed by atoms with Gasteiger partial charge < -0.3 is 14.6 Å². The molecule has 244 valence electrons. The van der Waals surface area contributed by atoms with Crippen molar-refractivity contribution in [2.24, 2.45) is 0 Å². The molecular formula is C37H66O5. The Balaban J connectivity index is 3.60. The molecule has 0 radical (unpaired) electrons. The van der Waals surface area contributed by atoms with E-state index in [-0.39, 0.29) is 25.2 Å². The van der Waals surface area contributed by atoms with Crippen LogP contribution < -0.4 is 0 Å². The predicted octanol–water partition coefficient (Wildman–Crippen LogP) is 10.5. The SMILES string of the molecule is CC/C=C\C/C=C\C/C=C\CCCCCCCC(=O)OC(CO)COC(=O)CCCCCCCCCCCCCCC. The average Bonchev–Trinajstić information content (AvgIpc) is 2.99. The number of hydrogen-bond donors (Lipinski definition) is 1. The van der Waals surface area contributed by atoms with Crippen LogP contribution in [-0.2, 0) is 19.1 Å². The molecule has 0 heterocycles. The van der Waals surface area contributed by atoms with Crippen LogP contribution in [-0.4, -0.2) is 36.4 Å². The minimum absolute atomic E-state index is 0.0707. The second-order valence-corrected chi connectivity index (χ2v) is 11.6. The molecule has 1 N–H and O–H groups in total. The van der Waals surface area contributed by atoms with Crippen LogP contribution in [0.4, 0.5) is 0 Å². The van der Waals surface area contributed by atoms with Gasteiger partial charge in [-0.25, -0.2) is 0 Å². The van der Waals surface area contributed by atoms with E-state index in [9.17, 15) is 14.7 Å². The van der Waals surface area contributed by atoms with E-state index < -0.39 is 6.10 Å². The lowest BCUT2D eigenvalue weighted by Gasteiger charge is -2.15. The molecule has 5 nitrogen and oxygen atoms in total. The Hall–Kier alpha value is -1.88. The quantitative estimate of drug-likeness (QED) is 0.0494. The van der Waals surface area contributed by atoms with Gasteiger partial charge in [-0.3, -0.25) is 9.59 Å². The lowest BCUT2D eigenvalue weighted by Crippen LogP contribution is -2.28. The van der Waals surface area contributed by atoms with Gasteiger partial charge in [-0.15, -0.1) is 0 Å². The maximum atomic E-state index is 12.1. The van der Waals surface area contributed by atoms with E-state index in [1.165, 1.54) is 70.6 Å². The van der Waals surface area contributed by atoms with Crippen LogP contribution >= 0.6 is 0 Å². The molecule has 1 atom stereocenters. The Morgan fingerprint density at radius 1 is 0.571 bits per heavy atom. The number of esters is 2. The first-order valence-electron chi connectivity index (χ1n) is 17.5. The van der Waals surface area contributed by atoms with Gasteiger partial charge in [0.25, 0.3) is 0 Å². The molecule has 0 aliphatic rings. The van der Waals surface area contributed by atoms with Gasteiger partial charge in [0.1, 0.15) is 6.61 Å². The summed E-state index contributed by atoms with van der Waals surface area (Å²) in [5.74, 6) is -0.610. The molecule has 0 fully saturated rings. The average molecular weight is 591 g/mol. The first kappa shape index (κ1) is 40.1. The van der Waals surface area contributed by atoms with Crippen molar-refractivity contribution in [3.8, 4) is 0 Å². The van der Waals surface area contributed by atoms with Crippen LogP contribution in [0.1, 0.15) is 168 Å². The molecule has 42 heavy (non-hydrogen) atoms. The van der Waals surface area contributed by atoms with Crippen LogP contribution in [0, 0.1) is 0 Å². The zero-order valence-electron chi connectivity index (χ0n) is 27.5. The number of unbranched alkanes of at least 4 members (excludes halogenated alkanes) is 17. The Bertz CT molecular complexity index is 682. The van der Waals surface area contributed by atoms with E-state index in [1.807, 2.05) is 0 Å². The summed E-state index contributed by atoms with van der Waals surface area (Å²) in [6.45, 7) is 4.00. The van der Waals surface area contributed by atoms with Gasteiger partial charge in [-0.05, 0) is 44.9 Å². The largest absolute Gasteiger partial charge is 0.462 e. The van der Waals surface area contributed by atoms with E-state index in [0.717, 1.165) is 70.6 Å². The standard InChI is InChI=1S/C37H66O5/c1-3-5-7-9-11-13-15-17-18-20-22-24-26-28-30-32-37(40)42-35(33-38)34-41-36(39)31-29-27-25-23-21-19-16-14-12-10-8-6-4-2/h5,7,11,13,17-18,35,38H,3-4,6,8-10,12,14-16,19-34H2,1-2H3/b7-5-,13-11-,18-17-. The predicted molar refractivity (Wildman–Crippen MR) is 178 cm³/mol. The first-order valence-corrected chi connectivity index (χ1v) is 17.5. The summed E-state index contributed by atoms with van der Waals surface area (Å²) in [4.78, 5) is 24.1. The number of allylic oxidation sites excluding steroid dienone is 6. The number of rotatable bonds is 31. The summed E-state index contributed by atoms with van der Waals surface area (Å²) < 4.78 is 10.6. The molecule has 0 amide bonds. The molecule has 1 unspecified atom stereocenters. The Kier molecular flexibility index (Phi) is 32.1. The fraction of sp³-hybridized carbons (Fsp3) is 0.784. The van der Waals surface area contributed by atoms with Crippen molar-refractivity contribution < 1.29 is 24.2 Å². The van der Waals surface area contributed by atoms with Gasteiger partial charge in [0.2, 0.25) is 0 Å². The molecule has 5 heteroatoms. The zero-order valence-corrected chi connectivity index (χ0v) is 27.5. The lowest BCUT2D eigenvalue weighted by atomic mass is 10.0. The van der Waals surface area contributed by atoms with Crippen molar-refractivity contribution in [2.45, 2.75) is 174 Å². The minimum atomic E-state index is -0.775. The monoisotopic (exact) mass is 590 g/mol. The zero-order chi connectivity index (χ0) is 30.8. The highest BCUT2D eigenvalue weighted by atomic mass is 16.6. The molecule has 0 rings (SSSR count). The van der Waals surface area contributed by atoms with Crippen LogP contribution in [0.25, 0.3) is 0 Å². The maximum absolute atomic E-state index is 12.1. The molecule has 0 aromatic carbocycles. The third-order valence-corrected chi connectivity index (χ3v) is 7.45. The molecule has 0 aliphatic carbocycles. The van der Waals surface area contributed by atoms with Gasteiger partial charge in [-0.2, -0.15) is 0 Å². The van der Waals surface area contributed by atoms with Gasteiger partial charge in [0, 0.05) is 12.8 Å². The molecular weight excluding hydrogens is 524 g/mol. The molecule has 0 saturated heterocycles. The highest BCUT2D eigenvalue weighted by Crippen LogP contribution is 2.13. The van der Waals surface area contributed by atoms with Crippen molar-refractivity contribution in [2.75, 3.05) is 13.2 Å². The van der Waals surface area contributed by atoms with Crippen LogP contribution in [0.2, 0.25) is 0 Å². The van der Waals surface area contributed by atoms with E-state index in [0.29, 0.717) is 12.8 Å². The van der Waals surface area contributed by atoms with E-state index in [1.54, 1.807) is 0 Å². The lowest BCUT2D eigenvalue weighted by molar-refractivity contribution is -0.161. The summed E-state index contributed by atoms with van der Waals surface area (Å²) in [6, 6.07) is 0. The smallest absolute Gasteiger partial charge is 0.306 e. The number of carbonyl (C=O) groups is 2. The fourth-order valence-electron chi connectivity index (χ4n) is 4.80. The summed E-state index contributed by atoms with van der Waals surface area (Å²) in [6.07, 6.45) is 39.1. The van der Waals surface area contributed by atoms with Crippen LogP contribution in [0.3, 0.4) is 0 Å². The number of ether oxygens (including phenoxy) is 2. The summed E-state index contributed by atoms with van der Waals surface area (Å²) in [5, 5.41) is 9.51. The van der Waals surface area contributed by atoms with E-state index in [2.05, 4.69) is 50.3 Å². The van der Waals surface area contributed by atoms with Crippen LogP contribution in [0.5, 0.6) is 0 Å². The van der Waals surface area contributed by atoms with Crippen LogP contribution in [0.15, 0.2) is 36.5 Å². The summed E-state index contributed by atoms with van der Waals surface area (Å²) in [7, 11) is 0. The fourth-order valence-corrected chi connectivity index (χ4v) is 4.80. The second-order valence-electron chi connectivity index (χ2n) is 11.6. The normalized spacial score (nSPS) is 12.5. The van der Waals surface area contributed by atoms with Gasteiger partial charge in [-0.1, -0.05) is 147 Å². The van der Waals surface area contributed by atoms with Crippen molar-refractivity contribution >= 4 is 11.9 Å². The number of carbonyl (C=O) groups excluding carboxylic acids is 2. The van der Waals surface area contributed by atoms with E-state index in [4.69, 9.17) is 9.47 Å². The molecule has 0 aromatic heterocycles. The summed E-state index contributed by atoms with van der Waals surface area (Å²) in [5.41, 5.74) is 0. The molecule has 0 bridgehead atoms. The highest BCUT2D eigenvalue weighted by molar-refractivity contribution is 5.70. The van der Waals surface area contributed by atoms with Crippen molar-refractivity contribution in [1.29, 1.82) is 0 Å². The van der Waals surface area contributed by atoms with E-state index >= 15 is 0 Å². The third-order valence-electron chi connectivity index (χ3n) is 7.45. The van der Waals surface area contributed by atoms with Crippen molar-refractivity contribution in [3.05, 3.63) is 36.5 Å². The maximum Gasteiger partial charge on any atom is 0.306 e. The molecule has 0 aliphatic heterocycles. The molecule has 0 saturated carbocycles. The Morgan fingerprint density at radius 2 is 1.02 bits per heavy atom. The third kappa shape index (κ3) is 31.1. The Morgan fingerprint density at radius 3 is 1.55 bits per heavy atom. The number of aliphatic hydroxyl groups is 1. The van der Waals surface area contributed by atoms with Gasteiger partial charge in [0.05, 0.1) is 6.61 Å². The van der Waals surface area contributed by atoms with Gasteiger partial charge in [0.15, 0.2) is 6.10 Å². The number of aliphatic hydroxyl groups excluding tert-OH is 1. The number of hydrogen-bond acceptors (Lipinski definition) is 5. The molecule has 0 spiro atoms.